The molecule has 4 heteroatoms. The van der Waals surface area contributed by atoms with Crippen LogP contribution in [0.3, 0.4) is 0 Å². The number of anilines is 1. The number of aryl methyl sites for hydroxylation is 1. The molecule has 0 aliphatic carbocycles. The van der Waals surface area contributed by atoms with E-state index in [9.17, 15) is 10.1 Å². The largest absolute Gasteiger partial charge is 0.393 e. The van der Waals surface area contributed by atoms with Crippen molar-refractivity contribution in [1.29, 1.82) is 0 Å². The summed E-state index contributed by atoms with van der Waals surface area (Å²) in [4.78, 5) is 10.4. The maximum absolute atomic E-state index is 10.8. The lowest BCUT2D eigenvalue weighted by Crippen LogP contribution is -1.96. The molecule has 0 saturated carbocycles. The summed E-state index contributed by atoms with van der Waals surface area (Å²) >= 11 is 0. The van der Waals surface area contributed by atoms with Gasteiger partial charge in [0.2, 0.25) is 0 Å². The Labute approximate surface area is 86.5 Å². The minimum absolute atomic E-state index is 0.00694. The third-order valence-corrected chi connectivity index (χ3v) is 2.36. The van der Waals surface area contributed by atoms with Crippen LogP contribution in [0.5, 0.6) is 0 Å². The van der Waals surface area contributed by atoms with Crippen molar-refractivity contribution in [3.63, 3.8) is 0 Å². The van der Waals surface area contributed by atoms with Crippen LogP contribution >= 0.6 is 0 Å². The average molecular weight is 202 g/mol. The monoisotopic (exact) mass is 202 g/mol. The summed E-state index contributed by atoms with van der Waals surface area (Å²) in [6.45, 7) is 1.95. The summed E-state index contributed by atoms with van der Waals surface area (Å²) in [5.74, 6) is 0. The Kier molecular flexibility index (Phi) is 2.04. The van der Waals surface area contributed by atoms with Crippen LogP contribution in [-0.4, -0.2) is 4.92 Å². The van der Waals surface area contributed by atoms with Gasteiger partial charge in [0.05, 0.1) is 10.3 Å². The molecule has 0 heterocycles. The van der Waals surface area contributed by atoms with Crippen molar-refractivity contribution >= 4 is 22.1 Å². The highest BCUT2D eigenvalue weighted by atomic mass is 16.6. The summed E-state index contributed by atoms with van der Waals surface area (Å²) in [6, 6.07) is 8.85. The van der Waals surface area contributed by atoms with Gasteiger partial charge in [-0.1, -0.05) is 23.8 Å². The number of nitro benzene ring substituents is 1. The van der Waals surface area contributed by atoms with Gasteiger partial charge in [0, 0.05) is 0 Å². The molecule has 2 rings (SSSR count). The Morgan fingerprint density at radius 2 is 2.00 bits per heavy atom. The number of benzene rings is 2. The molecule has 2 aromatic carbocycles. The highest BCUT2D eigenvalue weighted by Gasteiger charge is 2.15. The fraction of sp³-hybridized carbons (Fsp3) is 0.0909. The van der Waals surface area contributed by atoms with Gasteiger partial charge in [-0.25, -0.2) is 0 Å². The van der Waals surface area contributed by atoms with E-state index in [1.54, 1.807) is 18.2 Å². The Bertz CT molecular complexity index is 550. The maximum atomic E-state index is 10.8. The van der Waals surface area contributed by atoms with E-state index >= 15 is 0 Å². The van der Waals surface area contributed by atoms with Gasteiger partial charge in [-0.2, -0.15) is 0 Å². The van der Waals surface area contributed by atoms with E-state index in [0.717, 1.165) is 10.9 Å². The zero-order chi connectivity index (χ0) is 11.0. The van der Waals surface area contributed by atoms with Crippen molar-refractivity contribution in [2.75, 3.05) is 5.73 Å². The van der Waals surface area contributed by atoms with E-state index in [4.69, 9.17) is 5.73 Å². The summed E-state index contributed by atoms with van der Waals surface area (Å²) in [7, 11) is 0. The molecule has 0 bridgehead atoms. The third-order valence-electron chi connectivity index (χ3n) is 2.36. The molecule has 76 valence electrons. The highest BCUT2D eigenvalue weighted by molar-refractivity contribution is 5.96. The molecule has 0 saturated heterocycles. The normalized spacial score (nSPS) is 10.5. The second kappa shape index (κ2) is 3.24. The molecule has 0 spiro atoms. The highest BCUT2D eigenvalue weighted by Crippen LogP contribution is 2.31. The van der Waals surface area contributed by atoms with Crippen LogP contribution in [0.15, 0.2) is 30.3 Å². The zero-order valence-corrected chi connectivity index (χ0v) is 8.23. The lowest BCUT2D eigenvalue weighted by molar-refractivity contribution is -0.382. The second-order valence-corrected chi connectivity index (χ2v) is 3.49. The van der Waals surface area contributed by atoms with Gasteiger partial charge in [0.25, 0.3) is 5.69 Å². The minimum atomic E-state index is -0.437. The molecule has 0 unspecified atom stereocenters. The molecule has 0 atom stereocenters. The Hall–Kier alpha value is -2.10. The molecular formula is C11H10N2O2. The number of nitrogens with zero attached hydrogens (tertiary/aromatic N) is 1. The van der Waals surface area contributed by atoms with Crippen LogP contribution in [0.25, 0.3) is 10.8 Å². The van der Waals surface area contributed by atoms with Crippen molar-refractivity contribution in [3.05, 3.63) is 46.0 Å². The van der Waals surface area contributed by atoms with Crippen LogP contribution in [-0.2, 0) is 0 Å². The molecule has 15 heavy (non-hydrogen) atoms. The first-order valence-corrected chi connectivity index (χ1v) is 4.53. The van der Waals surface area contributed by atoms with Crippen LogP contribution in [0, 0.1) is 17.0 Å². The molecule has 2 aromatic rings. The summed E-state index contributed by atoms with van der Waals surface area (Å²) < 4.78 is 0. The minimum Gasteiger partial charge on any atom is -0.393 e. The summed E-state index contributed by atoms with van der Waals surface area (Å²) in [5, 5.41) is 12.3. The van der Waals surface area contributed by atoms with Gasteiger partial charge in [-0.05, 0) is 24.4 Å². The van der Waals surface area contributed by atoms with Gasteiger partial charge >= 0.3 is 0 Å². The molecule has 0 aromatic heterocycles. The zero-order valence-electron chi connectivity index (χ0n) is 8.23. The predicted molar refractivity (Wildman–Crippen MR) is 59.8 cm³/mol. The van der Waals surface area contributed by atoms with Crippen molar-refractivity contribution in [2.24, 2.45) is 0 Å². The molecule has 0 fully saturated rings. The molecule has 4 nitrogen and oxygen atoms in total. The quantitative estimate of drug-likeness (QED) is 0.439. The van der Waals surface area contributed by atoms with E-state index in [0.29, 0.717) is 5.39 Å². The van der Waals surface area contributed by atoms with Crippen molar-refractivity contribution in [2.45, 2.75) is 6.92 Å². The van der Waals surface area contributed by atoms with Crippen molar-refractivity contribution in [3.8, 4) is 0 Å². The molecular weight excluding hydrogens is 192 g/mol. The first kappa shape index (κ1) is 9.45. The van der Waals surface area contributed by atoms with Crippen LogP contribution in [0.2, 0.25) is 0 Å². The fourth-order valence-electron chi connectivity index (χ4n) is 1.65. The number of hydrogen-bond acceptors (Lipinski definition) is 3. The van der Waals surface area contributed by atoms with Crippen LogP contribution in [0.1, 0.15) is 5.56 Å². The Morgan fingerprint density at radius 1 is 1.27 bits per heavy atom. The van der Waals surface area contributed by atoms with E-state index in [-0.39, 0.29) is 11.4 Å². The lowest BCUT2D eigenvalue weighted by Gasteiger charge is -2.03. The number of nitrogens with two attached hydrogens (primary N) is 1. The van der Waals surface area contributed by atoms with E-state index in [1.165, 1.54) is 0 Å². The number of nitro groups is 1. The Morgan fingerprint density at radius 3 is 2.67 bits per heavy atom. The van der Waals surface area contributed by atoms with Crippen LogP contribution < -0.4 is 5.73 Å². The third kappa shape index (κ3) is 1.50. The summed E-state index contributed by atoms with van der Waals surface area (Å²) in [6.07, 6.45) is 0. The number of fused-ring (bicyclic) bond motifs is 1. The van der Waals surface area contributed by atoms with Gasteiger partial charge in [0.15, 0.2) is 0 Å². The first-order valence-electron chi connectivity index (χ1n) is 4.53. The fourth-order valence-corrected chi connectivity index (χ4v) is 1.65. The van der Waals surface area contributed by atoms with E-state index in [1.807, 2.05) is 19.1 Å². The first-order chi connectivity index (χ1) is 7.09. The van der Waals surface area contributed by atoms with Crippen molar-refractivity contribution < 1.29 is 4.92 Å². The molecule has 0 amide bonds. The smallest absolute Gasteiger partial charge is 0.299 e. The predicted octanol–water partition coefficient (Wildman–Crippen LogP) is 2.64. The Balaban J connectivity index is 2.88. The number of nitrogen functional groups attached to an aromatic ring is 1. The topological polar surface area (TPSA) is 69.2 Å². The summed E-state index contributed by atoms with van der Waals surface area (Å²) in [5.41, 5.74) is 6.85. The lowest BCUT2D eigenvalue weighted by atomic mass is 10.1. The molecule has 0 aliphatic heterocycles. The van der Waals surface area contributed by atoms with E-state index < -0.39 is 4.92 Å². The number of rotatable bonds is 1. The van der Waals surface area contributed by atoms with Gasteiger partial charge in [-0.15, -0.1) is 0 Å². The standard InChI is InChI=1S/C11H10N2O2/c1-7-2-4-9-8(6-7)3-5-10(12)11(9)13(14)15/h2-6H,12H2,1H3. The van der Waals surface area contributed by atoms with E-state index in [2.05, 4.69) is 0 Å². The van der Waals surface area contributed by atoms with Crippen LogP contribution in [0.4, 0.5) is 11.4 Å². The number of hydrogen-bond donors (Lipinski definition) is 1. The second-order valence-electron chi connectivity index (χ2n) is 3.49. The molecule has 0 radical (unpaired) electrons. The van der Waals surface area contributed by atoms with Gasteiger partial charge < -0.3 is 5.73 Å². The molecule has 2 N–H and O–H groups in total. The molecule has 0 aliphatic rings. The SMILES string of the molecule is Cc1ccc2c([N+](=O)[O-])c(N)ccc2c1. The average Bonchev–Trinajstić information content (AvgIpc) is 2.17. The van der Waals surface area contributed by atoms with Crippen molar-refractivity contribution in [1.82, 2.24) is 0 Å². The maximum Gasteiger partial charge on any atom is 0.299 e. The van der Waals surface area contributed by atoms with Gasteiger partial charge in [-0.3, -0.25) is 10.1 Å². The van der Waals surface area contributed by atoms with Gasteiger partial charge in [0.1, 0.15) is 5.69 Å².